The van der Waals surface area contributed by atoms with Gasteiger partial charge in [-0.15, -0.1) is 0 Å². The molecule has 0 bridgehead atoms. The minimum atomic E-state index is -2.24. The third kappa shape index (κ3) is 7.73. The molecule has 0 aliphatic heterocycles. The van der Waals surface area contributed by atoms with Crippen molar-refractivity contribution in [3.8, 4) is 0 Å². The average molecular weight is 424 g/mol. The number of unbranched alkanes of at least 4 members (excludes halogenated alkanes) is 3. The van der Waals surface area contributed by atoms with E-state index in [4.69, 9.17) is 0 Å². The van der Waals surface area contributed by atoms with Crippen molar-refractivity contribution in [1.29, 1.82) is 0 Å². The number of rotatable bonds is 12. The van der Waals surface area contributed by atoms with E-state index >= 15 is 0 Å². The van der Waals surface area contributed by atoms with Crippen molar-refractivity contribution in [3.63, 3.8) is 0 Å². The number of amides is 1. The van der Waals surface area contributed by atoms with Crippen LogP contribution in [0.15, 0.2) is 30.3 Å². The van der Waals surface area contributed by atoms with Crippen molar-refractivity contribution in [1.82, 2.24) is 5.32 Å². The molecule has 130 valence electrons. The van der Waals surface area contributed by atoms with Gasteiger partial charge in [0.2, 0.25) is 0 Å². The van der Waals surface area contributed by atoms with Crippen molar-refractivity contribution in [3.05, 3.63) is 35.9 Å². The van der Waals surface area contributed by atoms with Crippen LogP contribution in [0.1, 0.15) is 69.7 Å². The molecule has 0 aliphatic carbocycles. The van der Waals surface area contributed by atoms with Gasteiger partial charge in [-0.3, -0.25) is 0 Å². The van der Waals surface area contributed by atoms with Gasteiger partial charge < -0.3 is 0 Å². The monoisotopic (exact) mass is 425 g/mol. The Morgan fingerprint density at radius 3 is 1.78 bits per heavy atom. The van der Waals surface area contributed by atoms with Gasteiger partial charge in [-0.1, -0.05) is 0 Å². The van der Waals surface area contributed by atoms with Crippen LogP contribution in [0.4, 0.5) is 0 Å². The summed E-state index contributed by atoms with van der Waals surface area (Å²) >= 11 is -2.24. The summed E-state index contributed by atoms with van der Waals surface area (Å²) in [5, 5.41) is 3.32. The van der Waals surface area contributed by atoms with Gasteiger partial charge in [0.25, 0.3) is 0 Å². The number of carbonyl (C=O) groups is 1. The fourth-order valence-corrected chi connectivity index (χ4v) is 17.9. The summed E-state index contributed by atoms with van der Waals surface area (Å²) < 4.78 is 5.36. The van der Waals surface area contributed by atoms with Gasteiger partial charge in [0.1, 0.15) is 0 Å². The van der Waals surface area contributed by atoms with Crippen LogP contribution in [0.3, 0.4) is 0 Å². The van der Waals surface area contributed by atoms with Crippen LogP contribution in [-0.2, 0) is 0 Å². The Bertz CT molecular complexity index is 411. The zero-order chi connectivity index (χ0) is 17.0. The van der Waals surface area contributed by atoms with E-state index in [1.807, 2.05) is 30.3 Å². The molecule has 1 aromatic rings. The molecule has 0 aromatic heterocycles. The van der Waals surface area contributed by atoms with Crippen LogP contribution in [0.25, 0.3) is 0 Å². The summed E-state index contributed by atoms with van der Waals surface area (Å²) in [6.45, 7) is 6.87. The predicted molar refractivity (Wildman–Crippen MR) is 104 cm³/mol. The van der Waals surface area contributed by atoms with Crippen LogP contribution in [-0.4, -0.2) is 28.8 Å². The van der Waals surface area contributed by atoms with Gasteiger partial charge in [-0.2, -0.15) is 0 Å². The van der Waals surface area contributed by atoms with Crippen molar-refractivity contribution in [2.24, 2.45) is 0 Å². The second-order valence-corrected chi connectivity index (χ2v) is 20.7. The fourth-order valence-electron chi connectivity index (χ4n) is 3.25. The van der Waals surface area contributed by atoms with Crippen molar-refractivity contribution >= 4 is 24.3 Å². The van der Waals surface area contributed by atoms with Crippen LogP contribution in [0.5, 0.6) is 0 Å². The summed E-state index contributed by atoms with van der Waals surface area (Å²) in [5.41, 5.74) is 0.800. The summed E-state index contributed by atoms with van der Waals surface area (Å²) in [7, 11) is 0. The standard InChI is InChI=1S/C8H8NO.3C4H9.Sn/c1-9-8(10)7-5-3-2-4-6-7;3*1-3-4-2;/h2-6H,1H2,(H,9,10);3*1,3-4H2,2H3;. The second kappa shape index (κ2) is 11.9. The fraction of sp³-hybridized carbons (Fsp3) is 0.650. The zero-order valence-electron chi connectivity index (χ0n) is 15.4. The molecule has 1 rings (SSSR count). The van der Waals surface area contributed by atoms with E-state index in [1.54, 1.807) is 0 Å². The Balaban J connectivity index is 2.73. The minimum absolute atomic E-state index is 0.121. The summed E-state index contributed by atoms with van der Waals surface area (Å²) in [5.74, 6) is 0.121. The number of nitrogens with one attached hydrogen (secondary N) is 1. The quantitative estimate of drug-likeness (QED) is 0.422. The predicted octanol–water partition coefficient (Wildman–Crippen LogP) is 5.80. The molecule has 0 aliphatic rings. The second-order valence-electron chi connectivity index (χ2n) is 6.86. The van der Waals surface area contributed by atoms with Crippen LogP contribution in [0.2, 0.25) is 13.3 Å². The number of hydrogen-bond acceptors (Lipinski definition) is 1. The molecule has 1 amide bonds. The zero-order valence-corrected chi connectivity index (χ0v) is 18.2. The third-order valence-electron chi connectivity index (χ3n) is 4.84. The summed E-state index contributed by atoms with van der Waals surface area (Å²) in [6, 6.07) is 9.67. The molecular weight excluding hydrogens is 389 g/mol. The Morgan fingerprint density at radius 2 is 1.35 bits per heavy atom. The van der Waals surface area contributed by atoms with Crippen LogP contribution >= 0.6 is 0 Å². The molecule has 1 N–H and O–H groups in total. The van der Waals surface area contributed by atoms with E-state index in [9.17, 15) is 4.79 Å². The molecular formula is C20H35NOSn. The van der Waals surface area contributed by atoms with Crippen LogP contribution in [0, 0.1) is 0 Å². The molecule has 1 aromatic carbocycles. The Kier molecular flexibility index (Phi) is 10.7. The van der Waals surface area contributed by atoms with Gasteiger partial charge in [-0.25, -0.2) is 0 Å². The first kappa shape index (κ1) is 20.5. The number of benzene rings is 1. The summed E-state index contributed by atoms with van der Waals surface area (Å²) in [6.07, 6.45) is 7.90. The van der Waals surface area contributed by atoms with E-state index < -0.39 is 18.4 Å². The van der Waals surface area contributed by atoms with Gasteiger partial charge >= 0.3 is 147 Å². The molecule has 0 saturated heterocycles. The molecule has 2 nitrogen and oxygen atoms in total. The SMILES string of the molecule is CCC[CH2][Sn]([CH2]CCC)([CH2]CCC)[CH2]NC(=O)c1ccccc1. The Morgan fingerprint density at radius 1 is 0.870 bits per heavy atom. The molecule has 0 unspecified atom stereocenters. The van der Waals surface area contributed by atoms with Gasteiger partial charge in [0, 0.05) is 0 Å². The van der Waals surface area contributed by atoms with Gasteiger partial charge in [-0.05, 0) is 0 Å². The Labute approximate surface area is 147 Å². The van der Waals surface area contributed by atoms with Crippen LogP contribution < -0.4 is 5.32 Å². The first-order valence-electron chi connectivity index (χ1n) is 9.50. The maximum absolute atomic E-state index is 12.4. The van der Waals surface area contributed by atoms with E-state index in [1.165, 1.54) is 51.8 Å². The van der Waals surface area contributed by atoms with Gasteiger partial charge in [0.05, 0.1) is 0 Å². The average Bonchev–Trinajstić information content (AvgIpc) is 2.61. The molecule has 0 heterocycles. The molecule has 0 fully saturated rings. The van der Waals surface area contributed by atoms with Crippen molar-refractivity contribution in [2.75, 3.05) is 4.56 Å². The molecule has 0 atom stereocenters. The molecule has 3 heteroatoms. The van der Waals surface area contributed by atoms with E-state index in [0.29, 0.717) is 0 Å². The summed E-state index contributed by atoms with van der Waals surface area (Å²) in [4.78, 5) is 12.4. The van der Waals surface area contributed by atoms with Crippen molar-refractivity contribution in [2.45, 2.75) is 72.6 Å². The van der Waals surface area contributed by atoms with Crippen molar-refractivity contribution < 1.29 is 4.79 Å². The number of hydrogen-bond donors (Lipinski definition) is 1. The first-order valence-corrected chi connectivity index (χ1v) is 17.6. The maximum atomic E-state index is 12.4. The number of carbonyl (C=O) groups excluding carboxylic acids is 1. The molecule has 0 spiro atoms. The molecule has 0 radical (unpaired) electrons. The normalized spacial score (nSPS) is 11.4. The topological polar surface area (TPSA) is 29.1 Å². The first-order chi connectivity index (χ1) is 11.2. The Hall–Kier alpha value is -0.511. The molecule has 23 heavy (non-hydrogen) atoms. The third-order valence-corrected chi connectivity index (χ3v) is 19.6. The van der Waals surface area contributed by atoms with E-state index in [0.717, 1.165) is 10.1 Å². The van der Waals surface area contributed by atoms with E-state index in [-0.39, 0.29) is 5.91 Å². The molecule has 0 saturated carbocycles. The van der Waals surface area contributed by atoms with Gasteiger partial charge in [0.15, 0.2) is 0 Å². The van der Waals surface area contributed by atoms with E-state index in [2.05, 4.69) is 26.1 Å².